The Morgan fingerprint density at radius 1 is 1.47 bits per heavy atom. The number of phenols is 1. The van der Waals surface area contributed by atoms with Crippen LogP contribution >= 0.6 is 0 Å². The van der Waals surface area contributed by atoms with Crippen LogP contribution in [0.1, 0.15) is 18.9 Å². The molecule has 17 heavy (non-hydrogen) atoms. The molecule has 0 bridgehead atoms. The summed E-state index contributed by atoms with van der Waals surface area (Å²) in [5.74, 6) is -0.110. The van der Waals surface area contributed by atoms with Crippen molar-refractivity contribution in [1.29, 1.82) is 0 Å². The summed E-state index contributed by atoms with van der Waals surface area (Å²) in [6, 6.07) is 4.64. The topological polar surface area (TPSA) is 35.5 Å². The van der Waals surface area contributed by atoms with E-state index in [0.717, 1.165) is 26.1 Å². The molecule has 0 atom stereocenters. The molecule has 0 aromatic heterocycles. The molecule has 94 valence electrons. The molecule has 3 nitrogen and oxygen atoms in total. The maximum Gasteiger partial charge on any atom is 0.123 e. The van der Waals surface area contributed by atoms with E-state index in [2.05, 4.69) is 17.1 Å². The van der Waals surface area contributed by atoms with E-state index in [0.29, 0.717) is 18.2 Å². The van der Waals surface area contributed by atoms with E-state index in [-0.39, 0.29) is 11.6 Å². The van der Waals surface area contributed by atoms with Crippen LogP contribution < -0.4 is 5.32 Å². The summed E-state index contributed by atoms with van der Waals surface area (Å²) in [6.45, 7) is 5.68. The second-order valence-corrected chi connectivity index (χ2v) is 4.56. The molecule has 1 aliphatic heterocycles. The van der Waals surface area contributed by atoms with Crippen LogP contribution in [0.4, 0.5) is 4.39 Å². The first-order valence-corrected chi connectivity index (χ1v) is 6.13. The normalized spacial score (nSPS) is 16.2. The molecule has 1 fully saturated rings. The number of halogens is 1. The van der Waals surface area contributed by atoms with Gasteiger partial charge in [0.2, 0.25) is 0 Å². The predicted molar refractivity (Wildman–Crippen MR) is 65.4 cm³/mol. The smallest absolute Gasteiger partial charge is 0.123 e. The maximum atomic E-state index is 13.1. The van der Waals surface area contributed by atoms with Crippen molar-refractivity contribution in [2.24, 2.45) is 0 Å². The van der Waals surface area contributed by atoms with E-state index in [1.54, 1.807) is 0 Å². The summed E-state index contributed by atoms with van der Waals surface area (Å²) in [4.78, 5) is 2.30. The Labute approximate surface area is 101 Å². The SMILES string of the molecule is CCCN(Cc1cc(F)ccc1O)C1CNC1. The van der Waals surface area contributed by atoms with Gasteiger partial charge in [0, 0.05) is 31.2 Å². The van der Waals surface area contributed by atoms with E-state index in [1.807, 2.05) is 0 Å². The van der Waals surface area contributed by atoms with Gasteiger partial charge in [-0.3, -0.25) is 4.90 Å². The van der Waals surface area contributed by atoms with Crippen molar-refractivity contribution in [3.63, 3.8) is 0 Å². The van der Waals surface area contributed by atoms with Gasteiger partial charge in [-0.05, 0) is 31.2 Å². The standard InChI is InChI=1S/C13H19FN2O/c1-2-5-16(12-7-15-8-12)9-10-6-11(14)3-4-13(10)17/h3-4,6,12,15,17H,2,5,7-9H2,1H3. The number of nitrogens with one attached hydrogen (secondary N) is 1. The average molecular weight is 238 g/mol. The van der Waals surface area contributed by atoms with Gasteiger partial charge in [0.05, 0.1) is 0 Å². The summed E-state index contributed by atoms with van der Waals surface area (Å²) in [5.41, 5.74) is 0.672. The molecule has 0 aliphatic carbocycles. The number of aromatic hydroxyl groups is 1. The molecule has 0 saturated carbocycles. The predicted octanol–water partition coefficient (Wildman–Crippen LogP) is 1.72. The highest BCUT2D eigenvalue weighted by molar-refractivity contribution is 5.32. The third-order valence-electron chi connectivity index (χ3n) is 3.20. The average Bonchev–Trinajstić information content (AvgIpc) is 2.21. The van der Waals surface area contributed by atoms with Gasteiger partial charge in [0.1, 0.15) is 11.6 Å². The van der Waals surface area contributed by atoms with Gasteiger partial charge in [-0.2, -0.15) is 0 Å². The molecular weight excluding hydrogens is 219 g/mol. The molecular formula is C13H19FN2O. The minimum absolute atomic E-state index is 0.180. The molecule has 1 aromatic carbocycles. The number of hydrogen-bond acceptors (Lipinski definition) is 3. The lowest BCUT2D eigenvalue weighted by Crippen LogP contribution is -2.56. The van der Waals surface area contributed by atoms with E-state index in [9.17, 15) is 9.50 Å². The van der Waals surface area contributed by atoms with E-state index in [4.69, 9.17) is 0 Å². The lowest BCUT2D eigenvalue weighted by atomic mass is 10.1. The van der Waals surface area contributed by atoms with E-state index in [1.165, 1.54) is 18.2 Å². The van der Waals surface area contributed by atoms with Gasteiger partial charge in [-0.25, -0.2) is 4.39 Å². The second-order valence-electron chi connectivity index (χ2n) is 4.56. The Morgan fingerprint density at radius 2 is 2.24 bits per heavy atom. The molecule has 0 radical (unpaired) electrons. The Kier molecular flexibility index (Phi) is 3.97. The van der Waals surface area contributed by atoms with Gasteiger partial charge in [-0.15, -0.1) is 0 Å². The lowest BCUT2D eigenvalue weighted by Gasteiger charge is -2.38. The van der Waals surface area contributed by atoms with Gasteiger partial charge in [-0.1, -0.05) is 6.92 Å². The largest absolute Gasteiger partial charge is 0.508 e. The molecule has 2 N–H and O–H groups in total. The highest BCUT2D eigenvalue weighted by Crippen LogP contribution is 2.21. The third-order valence-corrected chi connectivity index (χ3v) is 3.20. The Hall–Kier alpha value is -1.13. The zero-order chi connectivity index (χ0) is 12.3. The summed E-state index contributed by atoms with van der Waals surface area (Å²) in [7, 11) is 0. The van der Waals surface area contributed by atoms with Crippen molar-refractivity contribution in [3.8, 4) is 5.75 Å². The van der Waals surface area contributed by atoms with Crippen molar-refractivity contribution in [1.82, 2.24) is 10.2 Å². The Morgan fingerprint density at radius 3 is 2.82 bits per heavy atom. The first-order valence-electron chi connectivity index (χ1n) is 6.13. The molecule has 2 rings (SSSR count). The summed E-state index contributed by atoms with van der Waals surface area (Å²) in [6.07, 6.45) is 1.06. The van der Waals surface area contributed by atoms with Crippen molar-refractivity contribution in [2.45, 2.75) is 25.9 Å². The maximum absolute atomic E-state index is 13.1. The van der Waals surface area contributed by atoms with Crippen molar-refractivity contribution < 1.29 is 9.50 Å². The number of hydrogen-bond donors (Lipinski definition) is 2. The molecule has 1 aromatic rings. The molecule has 0 amide bonds. The van der Waals surface area contributed by atoms with Crippen LogP contribution in [0.5, 0.6) is 5.75 Å². The van der Waals surface area contributed by atoms with Crippen LogP contribution in [0, 0.1) is 5.82 Å². The molecule has 1 aliphatic rings. The van der Waals surface area contributed by atoms with Gasteiger partial charge in [0.15, 0.2) is 0 Å². The lowest BCUT2D eigenvalue weighted by molar-refractivity contribution is 0.136. The van der Waals surface area contributed by atoms with Crippen LogP contribution in [0.3, 0.4) is 0 Å². The number of phenolic OH excluding ortho intramolecular Hbond substituents is 1. The quantitative estimate of drug-likeness (QED) is 0.820. The second kappa shape index (κ2) is 5.47. The van der Waals surface area contributed by atoms with Crippen LogP contribution in [0.15, 0.2) is 18.2 Å². The Bertz CT molecular complexity index is 380. The van der Waals surface area contributed by atoms with Crippen LogP contribution in [0.25, 0.3) is 0 Å². The summed E-state index contributed by atoms with van der Waals surface area (Å²) < 4.78 is 13.1. The first kappa shape index (κ1) is 12.3. The first-order chi connectivity index (χ1) is 8.20. The molecule has 0 unspecified atom stereocenters. The van der Waals surface area contributed by atoms with Crippen LogP contribution in [-0.4, -0.2) is 35.7 Å². The summed E-state index contributed by atoms with van der Waals surface area (Å²) in [5, 5.41) is 12.9. The monoisotopic (exact) mass is 238 g/mol. The highest BCUT2D eigenvalue weighted by Gasteiger charge is 2.24. The van der Waals surface area contributed by atoms with Crippen LogP contribution in [-0.2, 0) is 6.54 Å². The molecule has 0 spiro atoms. The van der Waals surface area contributed by atoms with Gasteiger partial charge < -0.3 is 10.4 Å². The number of nitrogens with zero attached hydrogens (tertiary/aromatic N) is 1. The molecule has 1 heterocycles. The molecule has 1 saturated heterocycles. The van der Waals surface area contributed by atoms with Crippen molar-refractivity contribution >= 4 is 0 Å². The van der Waals surface area contributed by atoms with Gasteiger partial charge in [0.25, 0.3) is 0 Å². The minimum Gasteiger partial charge on any atom is -0.508 e. The minimum atomic E-state index is -0.291. The molecule has 4 heteroatoms. The van der Waals surface area contributed by atoms with Crippen LogP contribution in [0.2, 0.25) is 0 Å². The third kappa shape index (κ3) is 2.96. The van der Waals surface area contributed by atoms with E-state index >= 15 is 0 Å². The van der Waals surface area contributed by atoms with Gasteiger partial charge >= 0.3 is 0 Å². The Balaban J connectivity index is 2.07. The van der Waals surface area contributed by atoms with Crippen molar-refractivity contribution in [3.05, 3.63) is 29.6 Å². The number of rotatable bonds is 5. The zero-order valence-electron chi connectivity index (χ0n) is 10.1. The van der Waals surface area contributed by atoms with Crippen molar-refractivity contribution in [2.75, 3.05) is 19.6 Å². The fourth-order valence-corrected chi connectivity index (χ4v) is 2.11. The highest BCUT2D eigenvalue weighted by atomic mass is 19.1. The van der Waals surface area contributed by atoms with E-state index < -0.39 is 0 Å². The number of benzene rings is 1. The fraction of sp³-hybridized carbons (Fsp3) is 0.538. The zero-order valence-corrected chi connectivity index (χ0v) is 10.1. The fourth-order valence-electron chi connectivity index (χ4n) is 2.11. The summed E-state index contributed by atoms with van der Waals surface area (Å²) >= 11 is 0.